The van der Waals surface area contributed by atoms with Gasteiger partial charge in [0.2, 0.25) is 0 Å². The quantitative estimate of drug-likeness (QED) is 0.396. The zero-order valence-electron chi connectivity index (χ0n) is 18.5. The van der Waals surface area contributed by atoms with Crippen LogP contribution in [-0.2, 0) is 0 Å². The summed E-state index contributed by atoms with van der Waals surface area (Å²) >= 11 is 1.44. The van der Waals surface area contributed by atoms with Gasteiger partial charge in [0.15, 0.2) is 5.13 Å². The van der Waals surface area contributed by atoms with Gasteiger partial charge in [-0.15, -0.1) is 12.4 Å². The number of thiazole rings is 1. The zero-order chi connectivity index (χ0) is 22.0. The van der Waals surface area contributed by atoms with Crippen molar-refractivity contribution in [3.63, 3.8) is 0 Å². The van der Waals surface area contributed by atoms with E-state index in [0.717, 1.165) is 28.6 Å². The van der Waals surface area contributed by atoms with Gasteiger partial charge in [-0.3, -0.25) is 9.69 Å². The molecule has 0 unspecified atom stereocenters. The van der Waals surface area contributed by atoms with Gasteiger partial charge >= 0.3 is 0 Å². The van der Waals surface area contributed by atoms with E-state index >= 15 is 0 Å². The van der Waals surface area contributed by atoms with Gasteiger partial charge < -0.3 is 19.4 Å². The molecule has 0 bridgehead atoms. The molecule has 0 spiro atoms. The number of ether oxygens (including phenoxy) is 2. The Bertz CT molecular complexity index is 1180. The Balaban J connectivity index is 0.00000289. The molecule has 4 aromatic rings. The van der Waals surface area contributed by atoms with E-state index in [9.17, 15) is 4.79 Å². The number of hydrogen-bond donors (Lipinski definition) is 1. The first-order valence-electron chi connectivity index (χ1n) is 10.1. The molecule has 0 aliphatic rings. The van der Waals surface area contributed by atoms with Crippen molar-refractivity contribution in [3.8, 4) is 11.5 Å². The number of carbonyl (C=O) groups is 1. The van der Waals surface area contributed by atoms with Gasteiger partial charge in [0, 0.05) is 23.6 Å². The number of aromatic nitrogens is 2. The van der Waals surface area contributed by atoms with E-state index in [0.29, 0.717) is 34.3 Å². The third-order valence-corrected chi connectivity index (χ3v) is 6.27. The van der Waals surface area contributed by atoms with Gasteiger partial charge in [0.1, 0.15) is 21.7 Å². The largest absolute Gasteiger partial charge is 0.495 e. The predicted octanol–water partition coefficient (Wildman–Crippen LogP) is 4.82. The molecule has 0 radical (unpaired) electrons. The molecule has 0 saturated carbocycles. The summed E-state index contributed by atoms with van der Waals surface area (Å²) in [5.41, 5.74) is 2.27. The number of fused-ring (bicyclic) bond motifs is 2. The third-order valence-electron chi connectivity index (χ3n) is 5.18. The SMILES string of the molecule is COc1ccc(OC)c2sc(N(CCCN(C)C)C(=O)c3c[nH]c4ccccc34)nc12.Cl. The van der Waals surface area contributed by atoms with Crippen molar-refractivity contribution in [1.29, 1.82) is 0 Å². The molecule has 0 aliphatic carbocycles. The smallest absolute Gasteiger partial charge is 0.262 e. The maximum absolute atomic E-state index is 13.7. The summed E-state index contributed by atoms with van der Waals surface area (Å²) in [6, 6.07) is 11.5. The minimum Gasteiger partial charge on any atom is -0.495 e. The highest BCUT2D eigenvalue weighted by Crippen LogP contribution is 2.40. The molecule has 9 heteroatoms. The van der Waals surface area contributed by atoms with Gasteiger partial charge in [-0.05, 0) is 45.3 Å². The fourth-order valence-corrected chi connectivity index (χ4v) is 4.71. The number of carbonyl (C=O) groups excluding carboxylic acids is 1. The number of hydrogen-bond acceptors (Lipinski definition) is 6. The van der Waals surface area contributed by atoms with Crippen LogP contribution in [0, 0.1) is 0 Å². The maximum atomic E-state index is 13.7. The summed E-state index contributed by atoms with van der Waals surface area (Å²) in [6.45, 7) is 1.43. The van der Waals surface area contributed by atoms with Crippen LogP contribution in [0.2, 0.25) is 0 Å². The molecule has 1 N–H and O–H groups in total. The lowest BCUT2D eigenvalue weighted by Gasteiger charge is -2.20. The molecule has 2 heterocycles. The number of anilines is 1. The molecule has 1 amide bonds. The Kier molecular flexibility index (Phi) is 7.60. The molecular formula is C23H27ClN4O3S. The summed E-state index contributed by atoms with van der Waals surface area (Å²) in [5, 5.41) is 1.54. The van der Waals surface area contributed by atoms with Crippen LogP contribution < -0.4 is 14.4 Å². The van der Waals surface area contributed by atoms with Crippen molar-refractivity contribution in [3.05, 3.63) is 48.2 Å². The Morgan fingerprint density at radius 2 is 1.78 bits per heavy atom. The number of para-hydroxylation sites is 1. The average Bonchev–Trinajstić information content (AvgIpc) is 3.40. The molecule has 32 heavy (non-hydrogen) atoms. The minimum atomic E-state index is -0.0757. The number of rotatable bonds is 8. The van der Waals surface area contributed by atoms with E-state index in [4.69, 9.17) is 14.5 Å². The minimum absolute atomic E-state index is 0. The van der Waals surface area contributed by atoms with Crippen molar-refractivity contribution < 1.29 is 14.3 Å². The second-order valence-electron chi connectivity index (χ2n) is 7.51. The molecule has 0 saturated heterocycles. The summed E-state index contributed by atoms with van der Waals surface area (Å²) in [5.74, 6) is 1.30. The van der Waals surface area contributed by atoms with E-state index in [2.05, 4.69) is 9.88 Å². The lowest BCUT2D eigenvalue weighted by Crippen LogP contribution is -2.33. The number of nitrogens with zero attached hydrogens (tertiary/aromatic N) is 3. The number of methoxy groups -OCH3 is 2. The van der Waals surface area contributed by atoms with Crippen LogP contribution in [0.25, 0.3) is 21.1 Å². The van der Waals surface area contributed by atoms with Gasteiger partial charge in [-0.1, -0.05) is 29.5 Å². The molecule has 0 fully saturated rings. The van der Waals surface area contributed by atoms with Crippen LogP contribution in [0.15, 0.2) is 42.6 Å². The van der Waals surface area contributed by atoms with Crippen LogP contribution >= 0.6 is 23.7 Å². The third kappa shape index (κ3) is 4.53. The van der Waals surface area contributed by atoms with Crippen LogP contribution in [0.5, 0.6) is 11.5 Å². The molecule has 2 aromatic heterocycles. The zero-order valence-corrected chi connectivity index (χ0v) is 20.2. The first-order valence-corrected chi connectivity index (χ1v) is 10.9. The highest BCUT2D eigenvalue weighted by atomic mass is 35.5. The van der Waals surface area contributed by atoms with Crippen molar-refractivity contribution >= 4 is 55.9 Å². The standard InChI is InChI=1S/C23H26N4O3S.ClH/c1-26(2)12-7-13-27(22(28)16-14-24-17-9-6-5-8-15(16)17)23-25-20-18(29-3)10-11-19(30-4)21(20)31-23;/h5-6,8-11,14,24H,7,12-13H2,1-4H3;1H. The first kappa shape index (κ1) is 23.8. The molecule has 0 atom stereocenters. The number of aromatic amines is 1. The fraction of sp³-hybridized carbons (Fsp3) is 0.304. The number of benzene rings is 2. The van der Waals surface area contributed by atoms with Crippen molar-refractivity contribution in [2.45, 2.75) is 6.42 Å². The second-order valence-corrected chi connectivity index (χ2v) is 8.48. The molecule has 4 rings (SSSR count). The number of halogens is 1. The van der Waals surface area contributed by atoms with Crippen LogP contribution in [-0.4, -0.2) is 62.2 Å². The Labute approximate surface area is 197 Å². The maximum Gasteiger partial charge on any atom is 0.262 e. The number of H-pyrrole nitrogens is 1. The lowest BCUT2D eigenvalue weighted by molar-refractivity contribution is 0.0987. The van der Waals surface area contributed by atoms with Gasteiger partial charge in [0.25, 0.3) is 5.91 Å². The summed E-state index contributed by atoms with van der Waals surface area (Å²) in [6.07, 6.45) is 2.60. The van der Waals surface area contributed by atoms with E-state index < -0.39 is 0 Å². The highest BCUT2D eigenvalue weighted by Gasteiger charge is 2.25. The van der Waals surface area contributed by atoms with E-state index in [-0.39, 0.29) is 18.3 Å². The predicted molar refractivity (Wildman–Crippen MR) is 133 cm³/mol. The van der Waals surface area contributed by atoms with Crippen LogP contribution in [0.4, 0.5) is 5.13 Å². The molecule has 0 aliphatic heterocycles. The van der Waals surface area contributed by atoms with Crippen molar-refractivity contribution in [1.82, 2.24) is 14.9 Å². The van der Waals surface area contributed by atoms with Crippen molar-refractivity contribution in [2.75, 3.05) is 46.3 Å². The van der Waals surface area contributed by atoms with Crippen LogP contribution in [0.3, 0.4) is 0 Å². The number of nitrogens with one attached hydrogen (secondary N) is 1. The molecule has 7 nitrogen and oxygen atoms in total. The molecule has 2 aromatic carbocycles. The van der Waals surface area contributed by atoms with Gasteiger partial charge in [0.05, 0.1) is 19.8 Å². The molecule has 170 valence electrons. The fourth-order valence-electron chi connectivity index (χ4n) is 3.61. The molecular weight excluding hydrogens is 448 g/mol. The van der Waals surface area contributed by atoms with Crippen LogP contribution in [0.1, 0.15) is 16.8 Å². The highest BCUT2D eigenvalue weighted by molar-refractivity contribution is 7.22. The second kappa shape index (κ2) is 10.2. The van der Waals surface area contributed by atoms with E-state index in [1.807, 2.05) is 50.5 Å². The average molecular weight is 475 g/mol. The summed E-state index contributed by atoms with van der Waals surface area (Å²) in [4.78, 5) is 25.6. The Morgan fingerprint density at radius 3 is 2.50 bits per heavy atom. The summed E-state index contributed by atoms with van der Waals surface area (Å²) < 4.78 is 11.9. The monoisotopic (exact) mass is 474 g/mol. The number of amides is 1. The normalized spacial score (nSPS) is 11.0. The van der Waals surface area contributed by atoms with E-state index in [1.54, 1.807) is 25.3 Å². The Hall–Kier alpha value is -2.81. The van der Waals surface area contributed by atoms with Gasteiger partial charge in [-0.25, -0.2) is 4.98 Å². The van der Waals surface area contributed by atoms with Gasteiger partial charge in [-0.2, -0.15) is 0 Å². The lowest BCUT2D eigenvalue weighted by atomic mass is 10.1. The topological polar surface area (TPSA) is 70.7 Å². The van der Waals surface area contributed by atoms with E-state index in [1.165, 1.54) is 11.3 Å². The van der Waals surface area contributed by atoms with Crippen molar-refractivity contribution in [2.24, 2.45) is 0 Å². The Morgan fingerprint density at radius 1 is 1.06 bits per heavy atom. The summed E-state index contributed by atoms with van der Waals surface area (Å²) in [7, 11) is 7.30. The first-order chi connectivity index (χ1) is 15.0.